The molecule has 1 aromatic heterocycles. The number of nitrogens with one attached hydrogen (secondary N) is 1. The predicted octanol–water partition coefficient (Wildman–Crippen LogP) is 6.09. The van der Waals surface area contributed by atoms with Crippen LogP contribution in [0.2, 0.25) is 0 Å². The number of hydrogen-bond acceptors (Lipinski definition) is 5. The van der Waals surface area contributed by atoms with E-state index in [0.717, 1.165) is 11.3 Å². The summed E-state index contributed by atoms with van der Waals surface area (Å²) in [5, 5.41) is 7.31. The minimum absolute atomic E-state index is 0.177. The molecule has 0 atom stereocenters. The van der Waals surface area contributed by atoms with E-state index in [2.05, 4.69) is 15.4 Å². The fraction of sp³-hybridized carbons (Fsp3) is 0.100. The fourth-order valence-corrected chi connectivity index (χ4v) is 3.86. The fourth-order valence-electron chi connectivity index (χ4n) is 3.86. The number of nitrogens with zero attached hydrogens (tertiary/aromatic N) is 3. The molecule has 0 radical (unpaired) electrons. The number of ether oxygens (including phenoxy) is 2. The number of carbonyl (C=O) groups excluding carboxylic acids is 1. The lowest BCUT2D eigenvalue weighted by Crippen LogP contribution is -2.11. The van der Waals surface area contributed by atoms with Crippen LogP contribution in [0.1, 0.15) is 15.9 Å². The van der Waals surface area contributed by atoms with E-state index in [0.29, 0.717) is 41.4 Å². The van der Waals surface area contributed by atoms with Gasteiger partial charge in [0.15, 0.2) is 5.82 Å². The van der Waals surface area contributed by atoms with Gasteiger partial charge in [-0.25, -0.2) is 13.5 Å². The molecule has 1 N–H and O–H groups in total. The summed E-state index contributed by atoms with van der Waals surface area (Å²) in [5.74, 6) is 0.123. The molecule has 196 valence electrons. The highest BCUT2D eigenvalue weighted by Gasteiger charge is 2.16. The first-order valence-electron chi connectivity index (χ1n) is 12.1. The van der Waals surface area contributed by atoms with Crippen LogP contribution in [0.3, 0.4) is 0 Å². The third-order valence-electron chi connectivity index (χ3n) is 5.95. The molecule has 39 heavy (non-hydrogen) atoms. The van der Waals surface area contributed by atoms with Crippen molar-refractivity contribution in [3.05, 3.63) is 120 Å². The van der Waals surface area contributed by atoms with Crippen molar-refractivity contribution in [3.63, 3.8) is 0 Å². The van der Waals surface area contributed by atoms with Crippen LogP contribution < -0.4 is 14.8 Å². The van der Waals surface area contributed by atoms with Crippen molar-refractivity contribution in [2.45, 2.75) is 6.42 Å². The van der Waals surface area contributed by atoms with E-state index in [1.165, 1.54) is 36.4 Å². The van der Waals surface area contributed by atoms with Gasteiger partial charge in [0.05, 0.1) is 19.4 Å². The monoisotopic (exact) mass is 526 g/mol. The number of benzene rings is 4. The summed E-state index contributed by atoms with van der Waals surface area (Å²) >= 11 is 0. The second-order valence-corrected chi connectivity index (χ2v) is 8.59. The number of amides is 1. The van der Waals surface area contributed by atoms with Crippen molar-refractivity contribution >= 4 is 11.6 Å². The van der Waals surface area contributed by atoms with E-state index in [1.807, 2.05) is 24.3 Å². The van der Waals surface area contributed by atoms with Crippen LogP contribution >= 0.6 is 0 Å². The second-order valence-electron chi connectivity index (χ2n) is 8.59. The Morgan fingerprint density at radius 1 is 0.846 bits per heavy atom. The predicted molar refractivity (Wildman–Crippen MR) is 143 cm³/mol. The van der Waals surface area contributed by atoms with E-state index < -0.39 is 5.82 Å². The molecule has 0 aliphatic heterocycles. The second kappa shape index (κ2) is 11.6. The van der Waals surface area contributed by atoms with Gasteiger partial charge in [-0.05, 0) is 90.5 Å². The number of carbonyl (C=O) groups is 1. The molecule has 9 heteroatoms. The highest BCUT2D eigenvalue weighted by Crippen LogP contribution is 2.25. The Hall–Kier alpha value is -5.05. The van der Waals surface area contributed by atoms with E-state index in [9.17, 15) is 13.6 Å². The summed E-state index contributed by atoms with van der Waals surface area (Å²) in [7, 11) is 1.62. The summed E-state index contributed by atoms with van der Waals surface area (Å²) in [6.45, 7) is 0.355. The normalized spacial score (nSPS) is 10.7. The van der Waals surface area contributed by atoms with Gasteiger partial charge in [0.1, 0.15) is 17.4 Å². The maximum absolute atomic E-state index is 13.6. The summed E-state index contributed by atoms with van der Waals surface area (Å²) in [5.41, 5.74) is 3.28. The molecule has 5 aromatic rings. The maximum atomic E-state index is 13.6. The first kappa shape index (κ1) is 25.6. The van der Waals surface area contributed by atoms with Gasteiger partial charge in [-0.15, -0.1) is 5.10 Å². The van der Waals surface area contributed by atoms with Crippen molar-refractivity contribution in [1.82, 2.24) is 14.8 Å². The van der Waals surface area contributed by atoms with Gasteiger partial charge < -0.3 is 14.8 Å². The summed E-state index contributed by atoms with van der Waals surface area (Å²) in [6.07, 6.45) is 0.646. The molecular formula is C30H24F2N4O3. The van der Waals surface area contributed by atoms with Gasteiger partial charge >= 0.3 is 6.01 Å². The van der Waals surface area contributed by atoms with Crippen LogP contribution in [0.15, 0.2) is 97.1 Å². The summed E-state index contributed by atoms with van der Waals surface area (Å²) in [4.78, 5) is 17.0. The molecule has 0 fully saturated rings. The van der Waals surface area contributed by atoms with Crippen molar-refractivity contribution in [1.29, 1.82) is 0 Å². The third kappa shape index (κ3) is 6.27. The molecule has 0 aliphatic carbocycles. The first-order valence-corrected chi connectivity index (χ1v) is 12.1. The van der Waals surface area contributed by atoms with Crippen molar-refractivity contribution in [3.8, 4) is 28.8 Å². The standard InChI is InChI=1S/C30H24F2N4O3/c1-38-27-16-2-20(3-17-27)18-19-39-30-34-28(21-4-8-23(31)9-5-21)36(35-30)26-14-12-25(13-15-26)33-29(37)22-6-10-24(32)11-7-22/h2-17H,18-19H2,1H3,(H,33,37). The maximum Gasteiger partial charge on any atom is 0.336 e. The van der Waals surface area contributed by atoms with Gasteiger partial charge in [-0.3, -0.25) is 4.79 Å². The Kier molecular flexibility index (Phi) is 7.58. The quantitative estimate of drug-likeness (QED) is 0.251. The Bertz CT molecular complexity index is 1550. The van der Waals surface area contributed by atoms with Crippen LogP contribution in [-0.4, -0.2) is 34.4 Å². The molecule has 0 saturated heterocycles. The van der Waals surface area contributed by atoms with E-state index in [1.54, 1.807) is 48.2 Å². The van der Waals surface area contributed by atoms with E-state index in [-0.39, 0.29) is 17.7 Å². The Morgan fingerprint density at radius 3 is 2.13 bits per heavy atom. The average Bonchev–Trinajstić information content (AvgIpc) is 3.38. The highest BCUT2D eigenvalue weighted by atomic mass is 19.1. The smallest absolute Gasteiger partial charge is 0.336 e. The summed E-state index contributed by atoms with van der Waals surface area (Å²) in [6, 6.07) is 26.1. The minimum atomic E-state index is -0.412. The van der Waals surface area contributed by atoms with Gasteiger partial charge in [0.25, 0.3) is 5.91 Å². The van der Waals surface area contributed by atoms with Crippen molar-refractivity contribution in [2.24, 2.45) is 0 Å². The largest absolute Gasteiger partial charge is 0.497 e. The zero-order valence-electron chi connectivity index (χ0n) is 21.0. The lowest BCUT2D eigenvalue weighted by molar-refractivity contribution is 0.102. The van der Waals surface area contributed by atoms with E-state index >= 15 is 0 Å². The number of rotatable bonds is 9. The van der Waals surface area contributed by atoms with Crippen LogP contribution in [0.5, 0.6) is 11.8 Å². The molecular weight excluding hydrogens is 502 g/mol. The Labute approximate surface area is 223 Å². The molecule has 5 rings (SSSR count). The zero-order valence-corrected chi connectivity index (χ0v) is 21.0. The first-order chi connectivity index (χ1) is 19.0. The van der Waals surface area contributed by atoms with Crippen molar-refractivity contribution in [2.75, 3.05) is 19.0 Å². The molecule has 1 amide bonds. The minimum Gasteiger partial charge on any atom is -0.497 e. The number of halogens is 2. The van der Waals surface area contributed by atoms with Crippen molar-refractivity contribution < 1.29 is 23.0 Å². The Morgan fingerprint density at radius 2 is 1.49 bits per heavy atom. The van der Waals surface area contributed by atoms with E-state index in [4.69, 9.17) is 9.47 Å². The average molecular weight is 527 g/mol. The number of aromatic nitrogens is 3. The lowest BCUT2D eigenvalue weighted by atomic mass is 10.1. The number of methoxy groups -OCH3 is 1. The van der Waals surface area contributed by atoms with Crippen LogP contribution in [0.25, 0.3) is 17.1 Å². The molecule has 0 aliphatic rings. The van der Waals surface area contributed by atoms with Crippen LogP contribution in [0, 0.1) is 11.6 Å². The lowest BCUT2D eigenvalue weighted by Gasteiger charge is -2.09. The number of hydrogen-bond donors (Lipinski definition) is 1. The topological polar surface area (TPSA) is 78.3 Å². The molecule has 0 bridgehead atoms. The van der Waals surface area contributed by atoms with Gasteiger partial charge in [0.2, 0.25) is 0 Å². The molecule has 0 saturated carbocycles. The van der Waals surface area contributed by atoms with Gasteiger partial charge in [0, 0.05) is 23.2 Å². The molecule has 0 unspecified atom stereocenters. The van der Waals surface area contributed by atoms with Gasteiger partial charge in [-0.1, -0.05) is 12.1 Å². The SMILES string of the molecule is COc1ccc(CCOc2nc(-c3ccc(F)cc3)n(-c3ccc(NC(=O)c4ccc(F)cc4)cc3)n2)cc1. The molecule has 7 nitrogen and oxygen atoms in total. The van der Waals surface area contributed by atoms with Gasteiger partial charge in [-0.2, -0.15) is 4.98 Å². The molecule has 4 aromatic carbocycles. The summed E-state index contributed by atoms with van der Waals surface area (Å²) < 4.78 is 39.4. The van der Waals surface area contributed by atoms with Crippen LogP contribution in [0.4, 0.5) is 14.5 Å². The Balaban J connectivity index is 1.34. The molecule has 1 heterocycles. The van der Waals surface area contributed by atoms with Crippen LogP contribution in [-0.2, 0) is 6.42 Å². The zero-order chi connectivity index (χ0) is 27.2. The molecule has 0 spiro atoms. The third-order valence-corrected chi connectivity index (χ3v) is 5.95. The number of anilines is 1. The highest BCUT2D eigenvalue weighted by molar-refractivity contribution is 6.04.